The zero-order valence-electron chi connectivity index (χ0n) is 14.5. The van der Waals surface area contributed by atoms with Crippen LogP contribution in [0.1, 0.15) is 30.4 Å². The van der Waals surface area contributed by atoms with Crippen molar-refractivity contribution in [2.75, 3.05) is 38.7 Å². The van der Waals surface area contributed by atoms with E-state index in [4.69, 9.17) is 10.5 Å². The van der Waals surface area contributed by atoms with Gasteiger partial charge in [0.1, 0.15) is 0 Å². The molecular weight excluding hydrogens is 415 g/mol. The summed E-state index contributed by atoms with van der Waals surface area (Å²) in [5.41, 5.74) is 10.0. The minimum Gasteiger partial charge on any atom is -0.383 e. The number of nitrogens with zero attached hydrogens (tertiary/aromatic N) is 2. The van der Waals surface area contributed by atoms with Gasteiger partial charge in [0.2, 0.25) is 0 Å². The molecule has 1 saturated heterocycles. The zero-order valence-corrected chi connectivity index (χ0v) is 16.8. The van der Waals surface area contributed by atoms with Crippen LogP contribution in [-0.4, -0.2) is 50.3 Å². The van der Waals surface area contributed by atoms with E-state index >= 15 is 0 Å². The molecule has 3 rings (SSSR count). The minimum absolute atomic E-state index is 0. The van der Waals surface area contributed by atoms with Crippen LogP contribution < -0.4 is 11.1 Å². The van der Waals surface area contributed by atoms with Crippen LogP contribution in [0.4, 0.5) is 5.69 Å². The number of nitrogens with two attached hydrogens (primary N) is 1. The van der Waals surface area contributed by atoms with Gasteiger partial charge < -0.3 is 15.8 Å². The number of halogens is 1. The van der Waals surface area contributed by atoms with E-state index in [1.807, 2.05) is 0 Å². The topological polar surface area (TPSA) is 62.9 Å². The lowest BCUT2D eigenvalue weighted by Crippen LogP contribution is -2.35. The molecule has 5 nitrogen and oxygen atoms in total. The number of nitrogens with one attached hydrogen (secondary N) is 1. The maximum atomic E-state index is 6.07. The van der Waals surface area contributed by atoms with Crippen LogP contribution in [0, 0.1) is 0 Å². The highest BCUT2D eigenvalue weighted by Gasteiger charge is 2.23. The molecule has 1 aliphatic carbocycles. The van der Waals surface area contributed by atoms with Crippen LogP contribution in [0.25, 0.3) is 0 Å². The Kier molecular flexibility index (Phi) is 7.77. The first-order valence-corrected chi connectivity index (χ1v) is 8.68. The summed E-state index contributed by atoms with van der Waals surface area (Å²) in [6.07, 6.45) is 6.08. The van der Waals surface area contributed by atoms with Gasteiger partial charge >= 0.3 is 0 Å². The lowest BCUT2D eigenvalue weighted by Gasteiger charge is -2.22. The van der Waals surface area contributed by atoms with E-state index in [1.165, 1.54) is 43.2 Å². The van der Waals surface area contributed by atoms with Gasteiger partial charge in [-0.15, -0.1) is 24.0 Å². The highest BCUT2D eigenvalue weighted by molar-refractivity contribution is 14.0. The van der Waals surface area contributed by atoms with Crippen LogP contribution >= 0.6 is 24.0 Å². The first-order chi connectivity index (χ1) is 11.3. The van der Waals surface area contributed by atoms with Gasteiger partial charge in [0.25, 0.3) is 0 Å². The number of hydrogen-bond donors (Lipinski definition) is 2. The van der Waals surface area contributed by atoms with Crippen molar-refractivity contribution in [3.63, 3.8) is 0 Å². The third-order valence-electron chi connectivity index (χ3n) is 4.92. The number of fused-ring (bicyclic) bond motifs is 1. The molecule has 1 aliphatic heterocycles. The summed E-state index contributed by atoms with van der Waals surface area (Å²) >= 11 is 0. The zero-order chi connectivity index (χ0) is 16.1. The number of aryl methyl sites for hydroxylation is 2. The van der Waals surface area contributed by atoms with E-state index in [0.29, 0.717) is 12.0 Å². The van der Waals surface area contributed by atoms with Gasteiger partial charge in [-0.1, -0.05) is 6.07 Å². The van der Waals surface area contributed by atoms with Crippen molar-refractivity contribution in [2.45, 2.75) is 38.1 Å². The highest BCUT2D eigenvalue weighted by Crippen LogP contribution is 2.24. The number of anilines is 1. The van der Waals surface area contributed by atoms with Crippen LogP contribution in [-0.2, 0) is 17.6 Å². The van der Waals surface area contributed by atoms with Crippen molar-refractivity contribution in [2.24, 2.45) is 10.7 Å². The lowest BCUT2D eigenvalue weighted by molar-refractivity contribution is 0.143. The maximum absolute atomic E-state index is 6.07. The smallest absolute Gasteiger partial charge is 0.193 e. The second kappa shape index (κ2) is 9.58. The molecule has 24 heavy (non-hydrogen) atoms. The molecule has 6 heteroatoms. The van der Waals surface area contributed by atoms with E-state index in [1.54, 1.807) is 7.11 Å². The summed E-state index contributed by atoms with van der Waals surface area (Å²) < 4.78 is 5.18. The fourth-order valence-electron chi connectivity index (χ4n) is 3.65. The molecule has 1 heterocycles. The number of aliphatic imine (C=N–C) groups is 1. The summed E-state index contributed by atoms with van der Waals surface area (Å²) in [7, 11) is 1.75. The fraction of sp³-hybridized carbons (Fsp3) is 0.611. The molecule has 2 aliphatic rings. The van der Waals surface area contributed by atoms with Crippen molar-refractivity contribution in [1.29, 1.82) is 0 Å². The predicted molar refractivity (Wildman–Crippen MR) is 110 cm³/mol. The Morgan fingerprint density at radius 2 is 2.17 bits per heavy atom. The lowest BCUT2D eigenvalue weighted by atomic mass is 10.1. The number of hydrogen-bond acceptors (Lipinski definition) is 3. The van der Waals surface area contributed by atoms with Gasteiger partial charge in [-0.05, 0) is 61.9 Å². The van der Waals surface area contributed by atoms with Crippen molar-refractivity contribution >= 4 is 35.6 Å². The normalized spacial score (nSPS) is 20.7. The molecule has 0 radical (unpaired) electrons. The molecular formula is C18H29IN4O. The first-order valence-electron chi connectivity index (χ1n) is 8.68. The number of benzene rings is 1. The molecule has 1 fully saturated rings. The Labute approximate surface area is 162 Å². The van der Waals surface area contributed by atoms with E-state index in [9.17, 15) is 0 Å². The molecule has 1 atom stereocenters. The van der Waals surface area contributed by atoms with Crippen LogP contribution in [0.15, 0.2) is 23.2 Å². The van der Waals surface area contributed by atoms with Gasteiger partial charge in [0.15, 0.2) is 5.96 Å². The van der Waals surface area contributed by atoms with E-state index in [0.717, 1.165) is 31.9 Å². The number of likely N-dealkylation sites (tertiary alicyclic amines) is 1. The minimum atomic E-state index is 0. The Balaban J connectivity index is 0.00000208. The Bertz CT molecular complexity index is 564. The standard InChI is InChI=1S/C18H28N4O.HI/c1-23-11-10-22-9-3-6-17(22)13-20-18(19)21-16-8-7-14-4-2-5-15(14)12-16;/h7-8,12,17H,2-6,9-11,13H2,1H3,(H3,19,20,21);1H. The van der Waals surface area contributed by atoms with Gasteiger partial charge in [-0.25, -0.2) is 0 Å². The maximum Gasteiger partial charge on any atom is 0.193 e. The quantitative estimate of drug-likeness (QED) is 0.403. The van der Waals surface area contributed by atoms with Gasteiger partial charge in [-0.2, -0.15) is 0 Å². The summed E-state index contributed by atoms with van der Waals surface area (Å²) in [6, 6.07) is 7.02. The number of guanidine groups is 1. The monoisotopic (exact) mass is 444 g/mol. The van der Waals surface area contributed by atoms with Crippen molar-refractivity contribution in [3.05, 3.63) is 29.3 Å². The van der Waals surface area contributed by atoms with Crippen molar-refractivity contribution in [1.82, 2.24) is 4.90 Å². The van der Waals surface area contributed by atoms with Crippen LogP contribution in [0.2, 0.25) is 0 Å². The molecule has 134 valence electrons. The average molecular weight is 444 g/mol. The molecule has 1 unspecified atom stereocenters. The second-order valence-electron chi connectivity index (χ2n) is 6.51. The fourth-order valence-corrected chi connectivity index (χ4v) is 3.65. The van der Waals surface area contributed by atoms with E-state index < -0.39 is 0 Å². The third-order valence-corrected chi connectivity index (χ3v) is 4.92. The molecule has 0 spiro atoms. The molecule has 0 amide bonds. The number of ether oxygens (including phenoxy) is 1. The Hall–Kier alpha value is -0.860. The largest absolute Gasteiger partial charge is 0.383 e. The van der Waals surface area contributed by atoms with Crippen molar-refractivity contribution in [3.8, 4) is 0 Å². The Morgan fingerprint density at radius 1 is 1.33 bits per heavy atom. The van der Waals surface area contributed by atoms with Gasteiger partial charge in [0.05, 0.1) is 13.2 Å². The molecule has 0 saturated carbocycles. The third kappa shape index (κ3) is 5.07. The van der Waals surface area contributed by atoms with Gasteiger partial charge in [0, 0.05) is 25.4 Å². The van der Waals surface area contributed by atoms with Gasteiger partial charge in [-0.3, -0.25) is 9.89 Å². The predicted octanol–water partition coefficient (Wildman–Crippen LogP) is 2.63. The SMILES string of the molecule is COCCN1CCCC1CN=C(N)Nc1ccc2c(c1)CCC2.I. The molecule has 1 aromatic rings. The van der Waals surface area contributed by atoms with E-state index in [2.05, 4.69) is 33.4 Å². The average Bonchev–Trinajstić information content (AvgIpc) is 3.19. The molecule has 3 N–H and O–H groups in total. The van der Waals surface area contributed by atoms with Crippen LogP contribution in [0.3, 0.4) is 0 Å². The Morgan fingerprint density at radius 3 is 3.00 bits per heavy atom. The molecule has 0 aromatic heterocycles. The summed E-state index contributed by atoms with van der Waals surface area (Å²) in [4.78, 5) is 7.01. The number of methoxy groups -OCH3 is 1. The van der Waals surface area contributed by atoms with Crippen molar-refractivity contribution < 1.29 is 4.74 Å². The molecule has 0 bridgehead atoms. The highest BCUT2D eigenvalue weighted by atomic mass is 127. The second-order valence-corrected chi connectivity index (χ2v) is 6.51. The molecule has 1 aromatic carbocycles. The van der Waals surface area contributed by atoms with Crippen LogP contribution in [0.5, 0.6) is 0 Å². The first kappa shape index (κ1) is 19.5. The summed E-state index contributed by atoms with van der Waals surface area (Å²) in [5, 5.41) is 3.24. The number of rotatable bonds is 6. The summed E-state index contributed by atoms with van der Waals surface area (Å²) in [5.74, 6) is 0.515. The summed E-state index contributed by atoms with van der Waals surface area (Å²) in [6.45, 7) is 3.66. The van der Waals surface area contributed by atoms with E-state index in [-0.39, 0.29) is 24.0 Å².